The van der Waals surface area contributed by atoms with E-state index in [9.17, 15) is 9.59 Å². The molecule has 2 fully saturated rings. The number of ketones is 1. The number of rotatable bonds is 6. The first kappa shape index (κ1) is 21.9. The lowest BCUT2D eigenvalue weighted by Gasteiger charge is -2.44. The maximum Gasteiger partial charge on any atom is 0.262 e. The lowest BCUT2D eigenvalue weighted by Crippen LogP contribution is -2.58. The van der Waals surface area contributed by atoms with E-state index in [0.717, 1.165) is 22.3 Å². The second kappa shape index (κ2) is 8.52. The lowest BCUT2D eigenvalue weighted by atomic mass is 9.78. The highest BCUT2D eigenvalue weighted by Crippen LogP contribution is 2.44. The van der Waals surface area contributed by atoms with E-state index in [4.69, 9.17) is 9.57 Å². The normalized spacial score (nSPS) is 22.3. The zero-order chi connectivity index (χ0) is 21.3. The highest BCUT2D eigenvalue weighted by Gasteiger charge is 2.61. The summed E-state index contributed by atoms with van der Waals surface area (Å²) in [4.78, 5) is 33.2. The van der Waals surface area contributed by atoms with Gasteiger partial charge in [0.1, 0.15) is 11.5 Å². The van der Waals surface area contributed by atoms with Gasteiger partial charge in [0.2, 0.25) is 0 Å². The minimum absolute atomic E-state index is 0.0339. The molecule has 1 atom stereocenters. The van der Waals surface area contributed by atoms with Gasteiger partial charge >= 0.3 is 0 Å². The van der Waals surface area contributed by atoms with Crippen molar-refractivity contribution in [3.63, 3.8) is 0 Å². The van der Waals surface area contributed by atoms with Crippen LogP contribution < -0.4 is 0 Å². The van der Waals surface area contributed by atoms with Crippen molar-refractivity contribution in [2.24, 2.45) is 0 Å². The molecular formula is C22H33N3O4. The van der Waals surface area contributed by atoms with Crippen LogP contribution in [0, 0.1) is 20.8 Å². The molecule has 2 heterocycles. The van der Waals surface area contributed by atoms with E-state index in [0.29, 0.717) is 32.5 Å². The molecule has 1 aromatic carbocycles. The van der Waals surface area contributed by atoms with Crippen LogP contribution in [0.15, 0.2) is 12.1 Å². The van der Waals surface area contributed by atoms with E-state index >= 15 is 0 Å². The summed E-state index contributed by atoms with van der Waals surface area (Å²) in [6.45, 7) is 8.00. The highest BCUT2D eigenvalue weighted by atomic mass is 16.7. The van der Waals surface area contributed by atoms with Crippen LogP contribution in [0.4, 0.5) is 0 Å². The van der Waals surface area contributed by atoms with Gasteiger partial charge in [-0.05, 0) is 50.3 Å². The fourth-order valence-corrected chi connectivity index (χ4v) is 4.82. The Balaban J connectivity index is 1.99. The number of Topliss-reactive ketones (excluding diaryl/α,β-unsaturated/α-hetero) is 1. The molecule has 2 aliphatic rings. The first-order valence-corrected chi connectivity index (χ1v) is 10.2. The molecule has 0 N–H and O–H groups in total. The first-order valence-electron chi connectivity index (χ1n) is 10.2. The summed E-state index contributed by atoms with van der Waals surface area (Å²) < 4.78 is 5.09. The summed E-state index contributed by atoms with van der Waals surface area (Å²) in [5.41, 5.74) is 3.01. The van der Waals surface area contributed by atoms with Crippen LogP contribution in [0.2, 0.25) is 0 Å². The number of methoxy groups -OCH3 is 1. The third kappa shape index (κ3) is 3.84. The van der Waals surface area contributed by atoms with Gasteiger partial charge in [-0.15, -0.1) is 0 Å². The van der Waals surface area contributed by atoms with Crippen LogP contribution in [0.25, 0.3) is 0 Å². The Morgan fingerprint density at radius 3 is 2.17 bits per heavy atom. The number of amides is 1. The number of carbonyl (C=O) groups is 2. The Morgan fingerprint density at radius 1 is 1.07 bits per heavy atom. The Labute approximate surface area is 173 Å². The number of piperidine rings is 1. The first-order chi connectivity index (χ1) is 13.7. The Kier molecular flexibility index (Phi) is 6.43. The zero-order valence-electron chi connectivity index (χ0n) is 18.4. The number of aryl methyl sites for hydroxylation is 3. The van der Waals surface area contributed by atoms with E-state index in [1.165, 1.54) is 5.06 Å². The van der Waals surface area contributed by atoms with Crippen molar-refractivity contribution >= 4 is 11.7 Å². The van der Waals surface area contributed by atoms with Gasteiger partial charge < -0.3 is 4.74 Å². The monoisotopic (exact) mass is 403 g/mol. The van der Waals surface area contributed by atoms with E-state index in [1.807, 2.05) is 52.0 Å². The van der Waals surface area contributed by atoms with Gasteiger partial charge in [0.25, 0.3) is 5.91 Å². The van der Waals surface area contributed by atoms with Crippen LogP contribution in [-0.2, 0) is 19.2 Å². The molecule has 7 nitrogen and oxygen atoms in total. The summed E-state index contributed by atoms with van der Waals surface area (Å²) in [5.74, 6) is -1.09. The summed E-state index contributed by atoms with van der Waals surface area (Å²) in [7, 11) is 5.58. The number of hydrogen-bond donors (Lipinski definition) is 0. The van der Waals surface area contributed by atoms with E-state index in [-0.39, 0.29) is 18.3 Å². The van der Waals surface area contributed by atoms with Gasteiger partial charge in [0.05, 0.1) is 13.2 Å². The highest BCUT2D eigenvalue weighted by molar-refractivity contribution is 6.17. The SMILES string of the molecule is COCCON1C(=O)C(c2c(C)cc(C)cc2C)C(=O)C12CCN(N(C)C)CC2. The van der Waals surface area contributed by atoms with E-state index in [1.54, 1.807) is 7.11 Å². The topological polar surface area (TPSA) is 62.3 Å². The van der Waals surface area contributed by atoms with Crippen molar-refractivity contribution in [3.8, 4) is 0 Å². The standard InChI is InChI=1S/C22H33N3O4/c1-15-13-16(2)18(17(3)14-15)19-20(26)22(7-9-24(10-8-22)23(4)5)25(21(19)27)29-12-11-28-6/h13-14,19H,7-12H2,1-6H3. The Bertz CT molecular complexity index is 761. The van der Waals surface area contributed by atoms with Gasteiger partial charge in [0.15, 0.2) is 5.78 Å². The molecule has 0 radical (unpaired) electrons. The third-order valence-corrected chi connectivity index (χ3v) is 6.22. The largest absolute Gasteiger partial charge is 0.382 e. The molecule has 0 saturated carbocycles. The van der Waals surface area contributed by atoms with Crippen LogP contribution in [0.5, 0.6) is 0 Å². The average Bonchev–Trinajstić information content (AvgIpc) is 2.84. The molecule has 1 amide bonds. The molecule has 1 spiro atoms. The van der Waals surface area contributed by atoms with Gasteiger partial charge in [-0.25, -0.2) is 15.1 Å². The molecular weight excluding hydrogens is 370 g/mol. The molecule has 160 valence electrons. The number of ether oxygens (including phenoxy) is 1. The summed E-state index contributed by atoms with van der Waals surface area (Å²) in [6.07, 6.45) is 1.12. The van der Waals surface area contributed by atoms with Gasteiger partial charge in [-0.1, -0.05) is 17.7 Å². The molecule has 2 saturated heterocycles. The van der Waals surface area contributed by atoms with Crippen LogP contribution in [-0.4, -0.2) is 79.8 Å². The number of carbonyl (C=O) groups excluding carboxylic acids is 2. The smallest absolute Gasteiger partial charge is 0.262 e. The van der Waals surface area contributed by atoms with Crippen molar-refractivity contribution in [1.29, 1.82) is 0 Å². The van der Waals surface area contributed by atoms with Crippen LogP contribution in [0.1, 0.15) is 41.0 Å². The zero-order valence-corrected chi connectivity index (χ0v) is 18.4. The van der Waals surface area contributed by atoms with Crippen molar-refractivity contribution < 1.29 is 19.2 Å². The molecule has 29 heavy (non-hydrogen) atoms. The second-order valence-corrected chi connectivity index (χ2v) is 8.40. The van der Waals surface area contributed by atoms with Crippen molar-refractivity contribution in [2.75, 3.05) is 47.5 Å². The van der Waals surface area contributed by atoms with Crippen molar-refractivity contribution in [1.82, 2.24) is 15.1 Å². The number of nitrogens with zero attached hydrogens (tertiary/aromatic N) is 3. The van der Waals surface area contributed by atoms with E-state index < -0.39 is 11.5 Å². The van der Waals surface area contributed by atoms with Gasteiger partial charge in [-0.2, -0.15) is 0 Å². The van der Waals surface area contributed by atoms with Gasteiger partial charge in [0, 0.05) is 34.3 Å². The number of hydrazine groups is 1. The molecule has 1 aromatic rings. The minimum Gasteiger partial charge on any atom is -0.382 e. The quantitative estimate of drug-likeness (QED) is 0.535. The predicted octanol–water partition coefficient (Wildman–Crippen LogP) is 2.00. The fourth-order valence-electron chi connectivity index (χ4n) is 4.82. The molecule has 0 aromatic heterocycles. The number of hydroxylamine groups is 2. The molecule has 3 rings (SSSR count). The Hall–Kier alpha value is -1.80. The average molecular weight is 404 g/mol. The predicted molar refractivity (Wildman–Crippen MR) is 110 cm³/mol. The maximum atomic E-state index is 13.8. The number of hydrogen-bond acceptors (Lipinski definition) is 6. The summed E-state index contributed by atoms with van der Waals surface area (Å²) in [6, 6.07) is 4.08. The molecule has 0 aliphatic carbocycles. The Morgan fingerprint density at radius 2 is 1.66 bits per heavy atom. The number of benzene rings is 1. The lowest BCUT2D eigenvalue weighted by molar-refractivity contribution is -0.222. The van der Waals surface area contributed by atoms with Gasteiger partial charge in [-0.3, -0.25) is 14.4 Å². The van der Waals surface area contributed by atoms with Crippen LogP contribution in [0.3, 0.4) is 0 Å². The van der Waals surface area contributed by atoms with Crippen LogP contribution >= 0.6 is 0 Å². The van der Waals surface area contributed by atoms with Crippen molar-refractivity contribution in [2.45, 2.75) is 45.1 Å². The molecule has 1 unspecified atom stereocenters. The molecule has 7 heteroatoms. The fraction of sp³-hybridized carbons (Fsp3) is 0.636. The van der Waals surface area contributed by atoms with Crippen molar-refractivity contribution in [3.05, 3.63) is 34.4 Å². The molecule has 0 bridgehead atoms. The summed E-state index contributed by atoms with van der Waals surface area (Å²) >= 11 is 0. The molecule has 2 aliphatic heterocycles. The minimum atomic E-state index is -0.911. The second-order valence-electron chi connectivity index (χ2n) is 8.40. The van der Waals surface area contributed by atoms with E-state index in [2.05, 4.69) is 5.01 Å². The maximum absolute atomic E-state index is 13.8. The third-order valence-electron chi connectivity index (χ3n) is 6.22. The summed E-state index contributed by atoms with van der Waals surface area (Å²) in [5, 5.41) is 5.62.